The molecule has 1 rings (SSSR count). The van der Waals surface area contributed by atoms with E-state index in [1.165, 1.54) is 26.0 Å². The summed E-state index contributed by atoms with van der Waals surface area (Å²) in [6, 6.07) is 2.10. The molecular formula is C11H12F5N. The quantitative estimate of drug-likeness (QED) is 0.802. The molecule has 1 aromatic carbocycles. The predicted molar refractivity (Wildman–Crippen MR) is 53.8 cm³/mol. The molecule has 0 unspecified atom stereocenters. The Labute approximate surface area is 95.4 Å². The van der Waals surface area contributed by atoms with Crippen LogP contribution < -0.4 is 5.73 Å². The van der Waals surface area contributed by atoms with Crippen molar-refractivity contribution in [1.29, 1.82) is 0 Å². The highest BCUT2D eigenvalue weighted by atomic mass is 19.4. The topological polar surface area (TPSA) is 26.0 Å². The third-order valence-corrected chi connectivity index (χ3v) is 2.62. The van der Waals surface area contributed by atoms with E-state index in [1.54, 1.807) is 6.07 Å². The van der Waals surface area contributed by atoms with Crippen LogP contribution in [-0.4, -0.2) is 12.1 Å². The van der Waals surface area contributed by atoms with Gasteiger partial charge in [-0.25, -0.2) is 0 Å². The average Bonchev–Trinajstić information content (AvgIpc) is 2.15. The minimum atomic E-state index is -5.65. The van der Waals surface area contributed by atoms with Gasteiger partial charge in [-0.3, -0.25) is 0 Å². The summed E-state index contributed by atoms with van der Waals surface area (Å²) in [6.07, 6.45) is -5.65. The first kappa shape index (κ1) is 13.9. The first-order valence-corrected chi connectivity index (χ1v) is 4.85. The highest BCUT2D eigenvalue weighted by Gasteiger charge is 2.62. The zero-order chi connectivity index (χ0) is 13.4. The average molecular weight is 253 g/mol. The number of nitrogens with two attached hydrogens (primary N) is 1. The van der Waals surface area contributed by atoms with E-state index in [0.29, 0.717) is 11.1 Å². The molecule has 0 aromatic heterocycles. The predicted octanol–water partition coefficient (Wildman–Crippen LogP) is 3.50. The molecule has 96 valence electrons. The van der Waals surface area contributed by atoms with Crippen molar-refractivity contribution >= 4 is 0 Å². The molecule has 1 nitrogen and oxygen atoms in total. The standard InChI is InChI=1S/C11H12F5N/c1-6-4-3-5-7(2)8(6)9(17)10(12,13)11(14,15)16/h3-5,9H,17H2,1-2H3/t9-/m0/s1. The summed E-state index contributed by atoms with van der Waals surface area (Å²) in [5.74, 6) is -4.94. The minimum Gasteiger partial charge on any atom is -0.319 e. The molecule has 0 fully saturated rings. The van der Waals surface area contributed by atoms with Gasteiger partial charge >= 0.3 is 12.1 Å². The van der Waals surface area contributed by atoms with Crippen LogP contribution in [0.1, 0.15) is 22.7 Å². The second kappa shape index (κ2) is 4.25. The fourth-order valence-corrected chi connectivity index (χ4v) is 1.68. The smallest absolute Gasteiger partial charge is 0.319 e. The second-order valence-electron chi connectivity index (χ2n) is 3.90. The van der Waals surface area contributed by atoms with Crippen molar-refractivity contribution < 1.29 is 22.0 Å². The van der Waals surface area contributed by atoms with Crippen LogP contribution in [0.25, 0.3) is 0 Å². The number of rotatable bonds is 2. The fourth-order valence-electron chi connectivity index (χ4n) is 1.68. The van der Waals surface area contributed by atoms with Gasteiger partial charge in [0.1, 0.15) is 6.04 Å². The Bertz CT molecular complexity index is 391. The fraction of sp³-hybridized carbons (Fsp3) is 0.455. The summed E-state index contributed by atoms with van der Waals surface area (Å²) in [5.41, 5.74) is 5.57. The van der Waals surface area contributed by atoms with Gasteiger partial charge in [0.15, 0.2) is 0 Å². The van der Waals surface area contributed by atoms with Gasteiger partial charge in [0, 0.05) is 0 Å². The van der Waals surface area contributed by atoms with Crippen molar-refractivity contribution in [2.75, 3.05) is 0 Å². The molecule has 0 radical (unpaired) electrons. The third-order valence-electron chi connectivity index (χ3n) is 2.62. The highest BCUT2D eigenvalue weighted by Crippen LogP contribution is 2.44. The van der Waals surface area contributed by atoms with Crippen molar-refractivity contribution in [3.05, 3.63) is 34.9 Å². The Morgan fingerprint density at radius 1 is 1.00 bits per heavy atom. The van der Waals surface area contributed by atoms with Crippen LogP contribution in [0.5, 0.6) is 0 Å². The minimum absolute atomic E-state index is 0.158. The molecular weight excluding hydrogens is 241 g/mol. The van der Waals surface area contributed by atoms with Crippen molar-refractivity contribution in [3.63, 3.8) is 0 Å². The first-order chi connectivity index (χ1) is 7.59. The normalized spacial score (nSPS) is 14.8. The summed E-state index contributed by atoms with van der Waals surface area (Å²) in [4.78, 5) is 0. The Morgan fingerprint density at radius 3 is 1.76 bits per heavy atom. The van der Waals surface area contributed by atoms with Crippen molar-refractivity contribution in [2.45, 2.75) is 32.0 Å². The molecule has 0 saturated carbocycles. The van der Waals surface area contributed by atoms with E-state index in [0.717, 1.165) is 0 Å². The van der Waals surface area contributed by atoms with E-state index in [2.05, 4.69) is 0 Å². The van der Waals surface area contributed by atoms with Crippen LogP contribution in [0, 0.1) is 13.8 Å². The maximum absolute atomic E-state index is 13.1. The van der Waals surface area contributed by atoms with E-state index in [-0.39, 0.29) is 5.56 Å². The molecule has 0 aliphatic heterocycles. The van der Waals surface area contributed by atoms with Gasteiger partial charge in [-0.1, -0.05) is 18.2 Å². The molecule has 0 bridgehead atoms. The van der Waals surface area contributed by atoms with Crippen molar-refractivity contribution in [1.82, 2.24) is 0 Å². The van der Waals surface area contributed by atoms with Crippen LogP contribution in [0.15, 0.2) is 18.2 Å². The Kier molecular flexibility index (Phi) is 3.47. The number of halogens is 5. The summed E-state index contributed by atoms with van der Waals surface area (Å²) >= 11 is 0. The molecule has 0 aliphatic carbocycles. The Morgan fingerprint density at radius 2 is 1.41 bits per heavy atom. The van der Waals surface area contributed by atoms with Gasteiger partial charge in [0.25, 0.3) is 0 Å². The van der Waals surface area contributed by atoms with Gasteiger partial charge in [0.05, 0.1) is 0 Å². The van der Waals surface area contributed by atoms with Gasteiger partial charge in [-0.05, 0) is 30.5 Å². The summed E-state index contributed by atoms with van der Waals surface area (Å²) in [7, 11) is 0. The van der Waals surface area contributed by atoms with Gasteiger partial charge in [-0.2, -0.15) is 22.0 Å². The first-order valence-electron chi connectivity index (χ1n) is 4.85. The number of hydrogen-bond acceptors (Lipinski definition) is 1. The number of alkyl halides is 5. The lowest BCUT2D eigenvalue weighted by Gasteiger charge is -2.28. The molecule has 0 heterocycles. The van der Waals surface area contributed by atoms with E-state index in [1.807, 2.05) is 0 Å². The zero-order valence-corrected chi connectivity index (χ0v) is 9.28. The van der Waals surface area contributed by atoms with E-state index in [9.17, 15) is 22.0 Å². The van der Waals surface area contributed by atoms with E-state index < -0.39 is 18.1 Å². The molecule has 0 amide bonds. The number of aryl methyl sites for hydroxylation is 2. The Balaban J connectivity index is 3.26. The van der Waals surface area contributed by atoms with Crippen LogP contribution in [-0.2, 0) is 0 Å². The van der Waals surface area contributed by atoms with Crippen molar-refractivity contribution in [2.24, 2.45) is 5.73 Å². The summed E-state index contributed by atoms with van der Waals surface area (Å²) in [6.45, 7) is 2.91. The maximum Gasteiger partial charge on any atom is 0.455 e. The molecule has 2 N–H and O–H groups in total. The molecule has 0 spiro atoms. The SMILES string of the molecule is Cc1cccc(C)c1[C@H](N)C(F)(F)C(F)(F)F. The second-order valence-corrected chi connectivity index (χ2v) is 3.90. The number of benzene rings is 1. The van der Waals surface area contributed by atoms with Crippen LogP contribution in [0.4, 0.5) is 22.0 Å². The molecule has 1 atom stereocenters. The third kappa shape index (κ3) is 2.41. The van der Waals surface area contributed by atoms with E-state index in [4.69, 9.17) is 5.73 Å². The maximum atomic E-state index is 13.1. The Hall–Kier alpha value is -1.17. The molecule has 6 heteroatoms. The van der Waals surface area contributed by atoms with Gasteiger partial charge < -0.3 is 5.73 Å². The monoisotopic (exact) mass is 253 g/mol. The molecule has 0 saturated heterocycles. The lowest BCUT2D eigenvalue weighted by molar-refractivity contribution is -0.291. The van der Waals surface area contributed by atoms with Crippen molar-refractivity contribution in [3.8, 4) is 0 Å². The van der Waals surface area contributed by atoms with E-state index >= 15 is 0 Å². The zero-order valence-electron chi connectivity index (χ0n) is 9.28. The molecule has 17 heavy (non-hydrogen) atoms. The lowest BCUT2D eigenvalue weighted by atomic mass is 9.92. The van der Waals surface area contributed by atoms with Gasteiger partial charge in [-0.15, -0.1) is 0 Å². The lowest BCUT2D eigenvalue weighted by Crippen LogP contribution is -2.46. The van der Waals surface area contributed by atoms with Crippen LogP contribution >= 0.6 is 0 Å². The summed E-state index contributed by atoms with van der Waals surface area (Å²) < 4.78 is 62.8. The number of hydrogen-bond donors (Lipinski definition) is 1. The molecule has 1 aromatic rings. The summed E-state index contributed by atoms with van der Waals surface area (Å²) in [5, 5.41) is 0. The highest BCUT2D eigenvalue weighted by molar-refractivity contribution is 5.37. The largest absolute Gasteiger partial charge is 0.455 e. The van der Waals surface area contributed by atoms with Crippen LogP contribution in [0.3, 0.4) is 0 Å². The van der Waals surface area contributed by atoms with Gasteiger partial charge in [0.2, 0.25) is 0 Å². The molecule has 0 aliphatic rings. The van der Waals surface area contributed by atoms with Crippen LogP contribution in [0.2, 0.25) is 0 Å².